The van der Waals surface area contributed by atoms with Gasteiger partial charge in [0.1, 0.15) is 0 Å². The number of aliphatic hydroxyl groups excluding tert-OH is 1. The van der Waals surface area contributed by atoms with Gasteiger partial charge in [-0.1, -0.05) is 53.2 Å². The number of hydrogen-bond donors (Lipinski definition) is 4. The summed E-state index contributed by atoms with van der Waals surface area (Å²) in [5.41, 5.74) is 1.46. The fourth-order valence-electron chi connectivity index (χ4n) is 13.0. The second-order valence-electron chi connectivity index (χ2n) is 18.1. The first-order valence-corrected chi connectivity index (χ1v) is 19.1. The second-order valence-corrected chi connectivity index (χ2v) is 18.1. The predicted octanol–water partition coefficient (Wildman–Crippen LogP) is 7.66. The van der Waals surface area contributed by atoms with Gasteiger partial charge in [0, 0.05) is 25.9 Å². The van der Waals surface area contributed by atoms with E-state index in [9.17, 15) is 19.5 Å². The van der Waals surface area contributed by atoms with Crippen molar-refractivity contribution in [1.82, 2.24) is 10.6 Å². The summed E-state index contributed by atoms with van der Waals surface area (Å²) in [5, 5.41) is 26.1. The van der Waals surface area contributed by atoms with Crippen LogP contribution in [0.5, 0.6) is 0 Å². The van der Waals surface area contributed by atoms with Gasteiger partial charge in [-0.2, -0.15) is 0 Å². The number of fused-ring (bicyclic) bond motifs is 7. The lowest BCUT2D eigenvalue weighted by Gasteiger charge is -2.72. The van der Waals surface area contributed by atoms with Gasteiger partial charge < -0.3 is 20.8 Å². The lowest BCUT2D eigenvalue weighted by molar-refractivity contribution is -0.246. The Kier molecular flexibility index (Phi) is 10.4. The molecule has 5 saturated carbocycles. The number of allylic oxidation sites excluding steroid dienone is 1. The van der Waals surface area contributed by atoms with Crippen molar-refractivity contribution in [3.63, 3.8) is 0 Å². The number of carbonyl (C=O) groups is 3. The molecular formula is C40H66N2O5. The molecule has 5 aliphatic rings. The minimum Gasteiger partial charge on any atom is -0.481 e. The van der Waals surface area contributed by atoms with Gasteiger partial charge >= 0.3 is 5.97 Å². The monoisotopic (exact) mass is 654 g/mol. The van der Waals surface area contributed by atoms with Gasteiger partial charge in [-0.05, 0) is 142 Å². The first-order chi connectivity index (χ1) is 22.0. The molecule has 5 fully saturated rings. The van der Waals surface area contributed by atoms with Crippen molar-refractivity contribution in [3.05, 3.63) is 12.2 Å². The average molecular weight is 655 g/mol. The smallest absolute Gasteiger partial charge is 0.303 e. The Morgan fingerprint density at radius 1 is 0.745 bits per heavy atom. The molecule has 4 N–H and O–H groups in total. The van der Waals surface area contributed by atoms with Gasteiger partial charge in [0.05, 0.1) is 11.5 Å². The molecule has 0 saturated heterocycles. The van der Waals surface area contributed by atoms with Crippen LogP contribution >= 0.6 is 0 Å². The van der Waals surface area contributed by atoms with Crippen LogP contribution < -0.4 is 10.6 Å². The topological polar surface area (TPSA) is 116 Å². The third kappa shape index (κ3) is 6.11. The zero-order chi connectivity index (χ0) is 34.4. The molecule has 7 heteroatoms. The molecule has 0 spiro atoms. The van der Waals surface area contributed by atoms with Crippen molar-refractivity contribution in [2.75, 3.05) is 13.1 Å². The Balaban J connectivity index is 1.25. The quantitative estimate of drug-likeness (QED) is 0.127. The van der Waals surface area contributed by atoms with Crippen LogP contribution in [0.25, 0.3) is 0 Å². The van der Waals surface area contributed by atoms with E-state index in [0.717, 1.165) is 51.4 Å². The van der Waals surface area contributed by atoms with Gasteiger partial charge in [-0.15, -0.1) is 0 Å². The molecule has 0 aromatic carbocycles. The van der Waals surface area contributed by atoms with Crippen LogP contribution in [0.2, 0.25) is 0 Å². The van der Waals surface area contributed by atoms with Crippen LogP contribution in [0.3, 0.4) is 0 Å². The normalized spacial score (nSPS) is 41.9. The van der Waals surface area contributed by atoms with E-state index in [4.69, 9.17) is 5.11 Å². The molecule has 0 radical (unpaired) electrons. The maximum absolute atomic E-state index is 14.3. The summed E-state index contributed by atoms with van der Waals surface area (Å²) >= 11 is 0. The van der Waals surface area contributed by atoms with E-state index in [1.54, 1.807) is 0 Å². The highest BCUT2D eigenvalue weighted by molar-refractivity contribution is 5.84. The third-order valence-corrected chi connectivity index (χ3v) is 15.8. The maximum atomic E-state index is 14.3. The molecule has 7 nitrogen and oxygen atoms in total. The molecular weight excluding hydrogens is 588 g/mol. The highest BCUT2D eigenvalue weighted by Crippen LogP contribution is 2.77. The van der Waals surface area contributed by atoms with E-state index >= 15 is 0 Å². The summed E-state index contributed by atoms with van der Waals surface area (Å²) in [6, 6.07) is 0. The molecule has 0 aliphatic heterocycles. The van der Waals surface area contributed by atoms with Gasteiger partial charge in [0.15, 0.2) is 0 Å². The Hall–Kier alpha value is -1.89. The molecule has 5 aliphatic carbocycles. The van der Waals surface area contributed by atoms with Crippen molar-refractivity contribution in [3.8, 4) is 0 Å². The lowest BCUT2D eigenvalue weighted by Crippen LogP contribution is -2.67. The van der Waals surface area contributed by atoms with Gasteiger partial charge in [0.2, 0.25) is 11.8 Å². The molecule has 10 atom stereocenters. The van der Waals surface area contributed by atoms with Crippen molar-refractivity contribution < 1.29 is 24.6 Å². The minimum absolute atomic E-state index is 0.00514. The van der Waals surface area contributed by atoms with Crippen LogP contribution in [0.4, 0.5) is 0 Å². The largest absolute Gasteiger partial charge is 0.481 e. The fourth-order valence-corrected chi connectivity index (χ4v) is 13.0. The number of aliphatic carboxylic acids is 1. The van der Waals surface area contributed by atoms with Crippen LogP contribution in [-0.4, -0.2) is 47.2 Å². The van der Waals surface area contributed by atoms with Gasteiger partial charge in [-0.25, -0.2) is 0 Å². The van der Waals surface area contributed by atoms with E-state index < -0.39 is 5.97 Å². The zero-order valence-electron chi connectivity index (χ0n) is 30.5. The highest BCUT2D eigenvalue weighted by Gasteiger charge is 2.71. The average Bonchev–Trinajstić information content (AvgIpc) is 3.41. The number of rotatable bonds is 12. The van der Waals surface area contributed by atoms with E-state index in [0.29, 0.717) is 61.9 Å². The molecule has 0 bridgehead atoms. The predicted molar refractivity (Wildman–Crippen MR) is 186 cm³/mol. The zero-order valence-corrected chi connectivity index (χ0v) is 30.5. The minimum atomic E-state index is -0.777. The summed E-state index contributed by atoms with van der Waals surface area (Å²) in [6.45, 7) is 20.2. The fraction of sp³-hybridized carbons (Fsp3) is 0.875. The van der Waals surface area contributed by atoms with E-state index in [-0.39, 0.29) is 51.4 Å². The first kappa shape index (κ1) is 36.4. The Bertz CT molecular complexity index is 1210. The number of nitrogens with one attached hydrogen (secondary N) is 2. The summed E-state index contributed by atoms with van der Waals surface area (Å²) < 4.78 is 0. The third-order valence-electron chi connectivity index (χ3n) is 15.8. The SMILES string of the molecule is C=C(C)[C@@H]1CC[C@]2(C(=O)NCCCC(=O)NCCCCCC(=O)O)CC[C@]3(C)[C@H](CCC4[C@@]5(C)CC[C@H](O)C(C)(C)[C@@H]5CC[C@]43C)[C@@H]12. The molecule has 0 aromatic heterocycles. The van der Waals surface area contributed by atoms with Gasteiger partial charge in [-0.3, -0.25) is 14.4 Å². The van der Waals surface area contributed by atoms with Crippen LogP contribution in [-0.2, 0) is 14.4 Å². The van der Waals surface area contributed by atoms with Crippen LogP contribution in [0.1, 0.15) is 144 Å². The highest BCUT2D eigenvalue weighted by atomic mass is 16.4. The van der Waals surface area contributed by atoms with Crippen molar-refractivity contribution in [2.45, 2.75) is 150 Å². The van der Waals surface area contributed by atoms with E-state index in [1.807, 2.05) is 0 Å². The number of carboxylic acids is 1. The van der Waals surface area contributed by atoms with E-state index in [1.165, 1.54) is 31.3 Å². The molecule has 266 valence electrons. The summed E-state index contributed by atoms with van der Waals surface area (Å²) in [4.78, 5) is 37.4. The van der Waals surface area contributed by atoms with Crippen LogP contribution in [0, 0.1) is 56.7 Å². The summed E-state index contributed by atoms with van der Waals surface area (Å²) in [5.74, 6) is 1.80. The molecule has 5 rings (SSSR count). The maximum Gasteiger partial charge on any atom is 0.303 e. The molecule has 0 aromatic rings. The summed E-state index contributed by atoms with van der Waals surface area (Å²) in [6.07, 6.45) is 14.0. The number of carboxylic acid groups (broad SMARTS) is 1. The lowest BCUT2D eigenvalue weighted by atomic mass is 9.32. The van der Waals surface area contributed by atoms with Crippen molar-refractivity contribution in [1.29, 1.82) is 0 Å². The Morgan fingerprint density at radius 3 is 2.17 bits per heavy atom. The molecule has 47 heavy (non-hydrogen) atoms. The number of hydrogen-bond acceptors (Lipinski definition) is 4. The number of carbonyl (C=O) groups excluding carboxylic acids is 2. The van der Waals surface area contributed by atoms with Crippen LogP contribution in [0.15, 0.2) is 12.2 Å². The number of unbranched alkanes of at least 4 members (excludes halogenated alkanes) is 2. The molecule has 2 amide bonds. The molecule has 1 unspecified atom stereocenters. The first-order valence-electron chi connectivity index (χ1n) is 19.1. The second kappa shape index (κ2) is 13.4. The molecule has 0 heterocycles. The summed E-state index contributed by atoms with van der Waals surface area (Å²) in [7, 11) is 0. The van der Waals surface area contributed by atoms with Crippen molar-refractivity contribution >= 4 is 17.8 Å². The van der Waals surface area contributed by atoms with Crippen molar-refractivity contribution in [2.24, 2.45) is 56.7 Å². The van der Waals surface area contributed by atoms with E-state index in [2.05, 4.69) is 58.8 Å². The number of amides is 2. The number of aliphatic hydroxyl groups is 1. The Labute approximate surface area is 284 Å². The standard InChI is InChI=1S/C40H66N2O5/c1-26(2)27-16-21-40(35(47)42-25-11-12-32(44)41-24-10-8-9-13-33(45)46)23-22-38(6)28(34(27)40)14-15-30-37(5)19-18-31(43)36(3,4)29(37)17-20-39(30,38)7/h27-31,34,43H,1,8-25H2,2-7H3,(H,41,44)(H,42,47)(H,45,46)/t27-,28+,29-,30?,31-,34+,37-,38+,39+,40-/m0/s1. The van der Waals surface area contributed by atoms with Gasteiger partial charge in [0.25, 0.3) is 0 Å². The Morgan fingerprint density at radius 2 is 1.47 bits per heavy atom.